The lowest BCUT2D eigenvalue weighted by Gasteiger charge is -2.35. The van der Waals surface area contributed by atoms with Crippen LogP contribution in [0, 0.1) is 12.8 Å². The van der Waals surface area contributed by atoms with Crippen LogP contribution in [0.25, 0.3) is 0 Å². The van der Waals surface area contributed by atoms with Gasteiger partial charge in [0.25, 0.3) is 0 Å². The number of hydrogen-bond acceptors (Lipinski definition) is 2. The van der Waals surface area contributed by atoms with Crippen molar-refractivity contribution in [3.8, 4) is 0 Å². The van der Waals surface area contributed by atoms with E-state index in [9.17, 15) is 0 Å². The summed E-state index contributed by atoms with van der Waals surface area (Å²) in [5, 5.41) is 3.75. The number of halogens is 1. The van der Waals surface area contributed by atoms with Gasteiger partial charge in [-0.3, -0.25) is 0 Å². The van der Waals surface area contributed by atoms with E-state index in [1.165, 1.54) is 30.5 Å². The highest BCUT2D eigenvalue weighted by Gasteiger charge is 2.28. The third kappa shape index (κ3) is 3.22. The number of aromatic nitrogens is 2. The Labute approximate surface area is 134 Å². The minimum Gasteiger partial charge on any atom is -0.334 e. The fraction of sp³-hybridized carbons (Fsp3) is 0.471. The molecule has 0 amide bonds. The molecule has 0 saturated heterocycles. The van der Waals surface area contributed by atoms with Gasteiger partial charge < -0.3 is 9.88 Å². The van der Waals surface area contributed by atoms with Crippen molar-refractivity contribution in [3.05, 3.63) is 52.0 Å². The van der Waals surface area contributed by atoms with Crippen LogP contribution < -0.4 is 5.32 Å². The van der Waals surface area contributed by atoms with E-state index >= 15 is 0 Å². The molecule has 1 aromatic heterocycles. The molecule has 0 spiro atoms. The standard InChI is InChI=1S/C17H22BrN3/c1-12-19-10-16(21(12)2)11-20-17(13-4-3-5-13)14-6-8-15(18)9-7-14/h6-10,13,17,20H,3-5,11H2,1-2H3. The number of hydrogen-bond donors (Lipinski definition) is 1. The van der Waals surface area contributed by atoms with Crippen molar-refractivity contribution in [2.75, 3.05) is 0 Å². The van der Waals surface area contributed by atoms with Crippen molar-refractivity contribution in [1.29, 1.82) is 0 Å². The van der Waals surface area contributed by atoms with Gasteiger partial charge in [-0.1, -0.05) is 34.5 Å². The largest absolute Gasteiger partial charge is 0.334 e. The molecule has 112 valence electrons. The molecule has 1 saturated carbocycles. The van der Waals surface area contributed by atoms with Gasteiger partial charge in [0, 0.05) is 30.3 Å². The van der Waals surface area contributed by atoms with E-state index in [-0.39, 0.29) is 0 Å². The number of rotatable bonds is 5. The van der Waals surface area contributed by atoms with E-state index in [1.807, 2.05) is 13.1 Å². The van der Waals surface area contributed by atoms with Gasteiger partial charge in [-0.25, -0.2) is 4.98 Å². The minimum absolute atomic E-state index is 0.446. The van der Waals surface area contributed by atoms with Crippen LogP contribution in [0.5, 0.6) is 0 Å². The predicted octanol–water partition coefficient (Wildman–Crippen LogP) is 4.12. The molecule has 1 unspecified atom stereocenters. The van der Waals surface area contributed by atoms with E-state index < -0.39 is 0 Å². The molecule has 1 heterocycles. The fourth-order valence-corrected chi connectivity index (χ4v) is 3.19. The maximum absolute atomic E-state index is 4.37. The summed E-state index contributed by atoms with van der Waals surface area (Å²) in [5.74, 6) is 1.83. The third-order valence-electron chi connectivity index (χ3n) is 4.67. The Hall–Kier alpha value is -1.13. The van der Waals surface area contributed by atoms with Gasteiger partial charge >= 0.3 is 0 Å². The van der Waals surface area contributed by atoms with Crippen LogP contribution in [-0.2, 0) is 13.6 Å². The SMILES string of the molecule is Cc1ncc(CNC(c2ccc(Br)cc2)C2CCC2)n1C. The molecule has 2 aromatic rings. The first-order chi connectivity index (χ1) is 10.1. The molecular weight excluding hydrogens is 326 g/mol. The molecule has 0 bridgehead atoms. The topological polar surface area (TPSA) is 29.9 Å². The van der Waals surface area contributed by atoms with Gasteiger partial charge in [-0.05, 0) is 43.4 Å². The van der Waals surface area contributed by atoms with Gasteiger partial charge in [0.15, 0.2) is 0 Å². The highest BCUT2D eigenvalue weighted by Crippen LogP contribution is 2.38. The lowest BCUT2D eigenvalue weighted by molar-refractivity contribution is 0.228. The summed E-state index contributed by atoms with van der Waals surface area (Å²) in [6.45, 7) is 2.91. The van der Waals surface area contributed by atoms with Crippen LogP contribution in [0.4, 0.5) is 0 Å². The summed E-state index contributed by atoms with van der Waals surface area (Å²) in [7, 11) is 2.08. The summed E-state index contributed by atoms with van der Waals surface area (Å²) >= 11 is 3.52. The van der Waals surface area contributed by atoms with E-state index in [0.717, 1.165) is 22.8 Å². The summed E-state index contributed by atoms with van der Waals surface area (Å²) in [5.41, 5.74) is 2.63. The van der Waals surface area contributed by atoms with Gasteiger partial charge in [-0.2, -0.15) is 0 Å². The average Bonchev–Trinajstić information content (AvgIpc) is 2.74. The molecule has 3 rings (SSSR count). The highest BCUT2D eigenvalue weighted by molar-refractivity contribution is 9.10. The van der Waals surface area contributed by atoms with Crippen LogP contribution >= 0.6 is 15.9 Å². The second-order valence-electron chi connectivity index (χ2n) is 5.96. The van der Waals surface area contributed by atoms with Crippen molar-refractivity contribution in [2.45, 2.75) is 38.8 Å². The Morgan fingerprint density at radius 1 is 1.33 bits per heavy atom. The maximum atomic E-state index is 4.37. The molecule has 1 atom stereocenters. The molecule has 4 heteroatoms. The number of aryl methyl sites for hydroxylation is 1. The summed E-state index contributed by atoms with van der Waals surface area (Å²) in [6.07, 6.45) is 6.00. The zero-order valence-corrected chi connectivity index (χ0v) is 14.2. The Bertz CT molecular complexity index is 599. The minimum atomic E-state index is 0.446. The van der Waals surface area contributed by atoms with Crippen molar-refractivity contribution in [3.63, 3.8) is 0 Å². The Kier molecular flexibility index (Phi) is 4.45. The summed E-state index contributed by atoms with van der Waals surface area (Å²) in [4.78, 5) is 4.37. The molecule has 1 N–H and O–H groups in total. The fourth-order valence-electron chi connectivity index (χ4n) is 2.93. The molecule has 0 aliphatic heterocycles. The number of nitrogens with one attached hydrogen (secondary N) is 1. The Balaban J connectivity index is 1.73. The molecule has 1 aromatic carbocycles. The molecular formula is C17H22BrN3. The second kappa shape index (κ2) is 6.32. The zero-order valence-electron chi connectivity index (χ0n) is 12.6. The van der Waals surface area contributed by atoms with Crippen LogP contribution in [0.2, 0.25) is 0 Å². The molecule has 1 aliphatic carbocycles. The average molecular weight is 348 g/mol. The van der Waals surface area contributed by atoms with E-state index in [1.54, 1.807) is 0 Å². The van der Waals surface area contributed by atoms with Crippen molar-refractivity contribution >= 4 is 15.9 Å². The van der Waals surface area contributed by atoms with Gasteiger partial charge in [0.1, 0.15) is 5.82 Å². The second-order valence-corrected chi connectivity index (χ2v) is 6.87. The summed E-state index contributed by atoms with van der Waals surface area (Å²) in [6, 6.07) is 9.18. The lowest BCUT2D eigenvalue weighted by Crippen LogP contribution is -2.32. The molecule has 21 heavy (non-hydrogen) atoms. The van der Waals surface area contributed by atoms with Gasteiger partial charge in [0.05, 0.1) is 5.69 Å². The molecule has 3 nitrogen and oxygen atoms in total. The third-order valence-corrected chi connectivity index (χ3v) is 5.20. The molecule has 0 radical (unpaired) electrons. The van der Waals surface area contributed by atoms with E-state index in [0.29, 0.717) is 6.04 Å². The smallest absolute Gasteiger partial charge is 0.105 e. The maximum Gasteiger partial charge on any atom is 0.105 e. The van der Waals surface area contributed by atoms with Crippen LogP contribution in [-0.4, -0.2) is 9.55 Å². The normalized spacial score (nSPS) is 16.7. The Morgan fingerprint density at radius 2 is 2.05 bits per heavy atom. The number of benzene rings is 1. The number of nitrogens with zero attached hydrogens (tertiary/aromatic N) is 2. The molecule has 1 aliphatic rings. The van der Waals surface area contributed by atoms with Gasteiger partial charge in [-0.15, -0.1) is 0 Å². The Morgan fingerprint density at radius 3 is 2.57 bits per heavy atom. The van der Waals surface area contributed by atoms with Crippen LogP contribution in [0.15, 0.2) is 34.9 Å². The van der Waals surface area contributed by atoms with Crippen molar-refractivity contribution in [2.24, 2.45) is 13.0 Å². The van der Waals surface area contributed by atoms with E-state index in [2.05, 4.69) is 62.1 Å². The number of imidazole rings is 1. The zero-order chi connectivity index (χ0) is 14.8. The van der Waals surface area contributed by atoms with Crippen molar-refractivity contribution < 1.29 is 0 Å². The first-order valence-corrected chi connectivity index (χ1v) is 8.40. The predicted molar refractivity (Wildman–Crippen MR) is 89.0 cm³/mol. The summed E-state index contributed by atoms with van der Waals surface area (Å²) < 4.78 is 3.30. The monoisotopic (exact) mass is 347 g/mol. The molecule has 1 fully saturated rings. The quantitative estimate of drug-likeness (QED) is 0.881. The van der Waals surface area contributed by atoms with E-state index in [4.69, 9.17) is 0 Å². The lowest BCUT2D eigenvalue weighted by atomic mass is 9.77. The van der Waals surface area contributed by atoms with Gasteiger partial charge in [0.2, 0.25) is 0 Å². The van der Waals surface area contributed by atoms with Crippen LogP contribution in [0.1, 0.15) is 42.4 Å². The van der Waals surface area contributed by atoms with Crippen molar-refractivity contribution in [1.82, 2.24) is 14.9 Å². The first-order valence-electron chi connectivity index (χ1n) is 7.61. The first kappa shape index (κ1) is 14.8. The van der Waals surface area contributed by atoms with Crippen LogP contribution in [0.3, 0.4) is 0 Å². The highest BCUT2D eigenvalue weighted by atomic mass is 79.9.